The smallest absolute Gasteiger partial charge is 0.271 e. The molecular weight excluding hydrogens is 484 g/mol. The molecular formula is C24H22Cl2FN3O2S. The Morgan fingerprint density at radius 3 is 2.64 bits per heavy atom. The van der Waals surface area contributed by atoms with E-state index in [9.17, 15) is 14.0 Å². The van der Waals surface area contributed by atoms with Gasteiger partial charge >= 0.3 is 0 Å². The number of piperidine rings is 1. The summed E-state index contributed by atoms with van der Waals surface area (Å²) in [5.74, 6) is -1.10. The molecule has 1 N–H and O–H groups in total. The molecule has 33 heavy (non-hydrogen) atoms. The van der Waals surface area contributed by atoms with Gasteiger partial charge in [-0.1, -0.05) is 41.4 Å². The molecule has 0 spiro atoms. The van der Waals surface area contributed by atoms with Gasteiger partial charge in [0, 0.05) is 36.0 Å². The monoisotopic (exact) mass is 505 g/mol. The van der Waals surface area contributed by atoms with Crippen molar-refractivity contribution >= 4 is 46.4 Å². The lowest BCUT2D eigenvalue weighted by Gasteiger charge is -2.31. The Morgan fingerprint density at radius 1 is 1.18 bits per heavy atom. The fourth-order valence-corrected chi connectivity index (χ4v) is 5.21. The van der Waals surface area contributed by atoms with Crippen LogP contribution in [0.15, 0.2) is 41.8 Å². The predicted molar refractivity (Wildman–Crippen MR) is 129 cm³/mol. The summed E-state index contributed by atoms with van der Waals surface area (Å²) in [6.07, 6.45) is 1.38. The third-order valence-electron chi connectivity index (χ3n) is 5.75. The SMILES string of the molecule is Cc1ccc(CNC(=O)c2csc(C3CCN(C(=O)c4c(F)cccc4Cl)CC3)n2)cc1Cl. The largest absolute Gasteiger partial charge is 0.347 e. The van der Waals surface area contributed by atoms with Gasteiger partial charge in [-0.3, -0.25) is 9.59 Å². The number of thiazole rings is 1. The van der Waals surface area contributed by atoms with Gasteiger partial charge in [0.25, 0.3) is 11.8 Å². The summed E-state index contributed by atoms with van der Waals surface area (Å²) >= 11 is 13.6. The van der Waals surface area contributed by atoms with Crippen LogP contribution in [-0.2, 0) is 6.54 Å². The van der Waals surface area contributed by atoms with Crippen LogP contribution in [0.25, 0.3) is 0 Å². The molecule has 1 aromatic heterocycles. The van der Waals surface area contributed by atoms with Crippen molar-refractivity contribution in [3.8, 4) is 0 Å². The summed E-state index contributed by atoms with van der Waals surface area (Å²) in [5, 5.41) is 6.28. The van der Waals surface area contributed by atoms with E-state index in [1.54, 1.807) is 10.3 Å². The lowest BCUT2D eigenvalue weighted by molar-refractivity contribution is 0.0708. The number of aryl methyl sites for hydroxylation is 1. The second kappa shape index (κ2) is 10.2. The summed E-state index contributed by atoms with van der Waals surface area (Å²) in [6, 6.07) is 9.92. The van der Waals surface area contributed by atoms with E-state index < -0.39 is 11.7 Å². The standard InChI is InChI=1S/C24H22Cl2FN3O2S/c1-14-5-6-15(11-18(14)26)12-28-22(31)20-13-33-23(29-20)16-7-9-30(10-8-16)24(32)21-17(25)3-2-4-19(21)27/h2-6,11,13,16H,7-10,12H2,1H3,(H,28,31). The number of hydrogen-bond donors (Lipinski definition) is 1. The zero-order valence-electron chi connectivity index (χ0n) is 17.9. The number of halogens is 3. The van der Waals surface area contributed by atoms with Crippen molar-refractivity contribution in [2.75, 3.05) is 13.1 Å². The molecule has 0 bridgehead atoms. The summed E-state index contributed by atoms with van der Waals surface area (Å²) < 4.78 is 14.1. The minimum absolute atomic E-state index is 0.0827. The van der Waals surface area contributed by atoms with E-state index in [0.29, 0.717) is 43.2 Å². The van der Waals surface area contributed by atoms with Gasteiger partial charge in [0.05, 0.1) is 15.6 Å². The minimum atomic E-state index is -0.613. The predicted octanol–water partition coefficient (Wildman–Crippen LogP) is 5.85. The molecule has 1 aliphatic heterocycles. The molecule has 2 heterocycles. The highest BCUT2D eigenvalue weighted by molar-refractivity contribution is 7.09. The average molecular weight is 506 g/mol. The summed E-state index contributed by atoms with van der Waals surface area (Å²) in [4.78, 5) is 31.4. The number of carbonyl (C=O) groups excluding carboxylic acids is 2. The van der Waals surface area contributed by atoms with Crippen LogP contribution in [0, 0.1) is 12.7 Å². The Morgan fingerprint density at radius 2 is 1.94 bits per heavy atom. The van der Waals surface area contributed by atoms with E-state index in [4.69, 9.17) is 23.2 Å². The van der Waals surface area contributed by atoms with Crippen LogP contribution >= 0.6 is 34.5 Å². The molecule has 1 aliphatic rings. The van der Waals surface area contributed by atoms with Crippen LogP contribution in [0.2, 0.25) is 10.0 Å². The maximum Gasteiger partial charge on any atom is 0.271 e. The van der Waals surface area contributed by atoms with Gasteiger partial charge in [-0.05, 0) is 49.1 Å². The zero-order chi connectivity index (χ0) is 23.5. The van der Waals surface area contributed by atoms with Crippen LogP contribution in [0.4, 0.5) is 4.39 Å². The van der Waals surface area contributed by atoms with Gasteiger partial charge in [0.2, 0.25) is 0 Å². The second-order valence-electron chi connectivity index (χ2n) is 8.00. The summed E-state index contributed by atoms with van der Waals surface area (Å²) in [7, 11) is 0. The minimum Gasteiger partial charge on any atom is -0.347 e. The number of amides is 2. The normalized spacial score (nSPS) is 14.4. The van der Waals surface area contributed by atoms with Crippen molar-refractivity contribution in [2.45, 2.75) is 32.2 Å². The molecule has 1 fully saturated rings. The fraction of sp³-hybridized carbons (Fsp3) is 0.292. The van der Waals surface area contributed by atoms with E-state index in [0.717, 1.165) is 16.1 Å². The van der Waals surface area contributed by atoms with E-state index in [1.165, 1.54) is 29.5 Å². The zero-order valence-corrected chi connectivity index (χ0v) is 20.2. The van der Waals surface area contributed by atoms with Gasteiger partial charge in [-0.2, -0.15) is 0 Å². The number of nitrogens with zero attached hydrogens (tertiary/aromatic N) is 2. The van der Waals surface area contributed by atoms with Crippen molar-refractivity contribution in [3.05, 3.63) is 85.0 Å². The molecule has 0 saturated carbocycles. The molecule has 5 nitrogen and oxygen atoms in total. The Labute approximate surface area is 205 Å². The highest BCUT2D eigenvalue weighted by atomic mass is 35.5. The number of benzene rings is 2. The first-order chi connectivity index (χ1) is 15.8. The van der Waals surface area contributed by atoms with Gasteiger partial charge in [0.1, 0.15) is 11.5 Å². The van der Waals surface area contributed by atoms with Crippen molar-refractivity contribution in [3.63, 3.8) is 0 Å². The molecule has 0 radical (unpaired) electrons. The number of carbonyl (C=O) groups is 2. The first kappa shape index (κ1) is 23.7. The van der Waals surface area contributed by atoms with Gasteiger partial charge < -0.3 is 10.2 Å². The highest BCUT2D eigenvalue weighted by Gasteiger charge is 2.29. The Kier molecular flexibility index (Phi) is 7.32. The Balaban J connectivity index is 1.33. The third-order valence-corrected chi connectivity index (χ3v) is 7.48. The van der Waals surface area contributed by atoms with Gasteiger partial charge in [-0.25, -0.2) is 9.37 Å². The van der Waals surface area contributed by atoms with Crippen molar-refractivity contribution < 1.29 is 14.0 Å². The lowest BCUT2D eigenvalue weighted by atomic mass is 9.97. The number of likely N-dealkylation sites (tertiary alicyclic amines) is 1. The molecule has 3 aromatic rings. The molecule has 172 valence electrons. The Hall–Kier alpha value is -2.48. The molecule has 0 unspecified atom stereocenters. The van der Waals surface area contributed by atoms with Crippen molar-refractivity contribution in [1.29, 1.82) is 0 Å². The lowest BCUT2D eigenvalue weighted by Crippen LogP contribution is -2.38. The van der Waals surface area contributed by atoms with E-state index in [1.807, 2.05) is 25.1 Å². The molecule has 0 atom stereocenters. The first-order valence-electron chi connectivity index (χ1n) is 10.6. The van der Waals surface area contributed by atoms with Crippen LogP contribution in [0.3, 0.4) is 0 Å². The summed E-state index contributed by atoms with van der Waals surface area (Å²) in [6.45, 7) is 3.24. The van der Waals surface area contributed by atoms with E-state index in [2.05, 4.69) is 10.3 Å². The van der Waals surface area contributed by atoms with Crippen LogP contribution in [0.5, 0.6) is 0 Å². The van der Waals surface area contributed by atoms with E-state index >= 15 is 0 Å². The topological polar surface area (TPSA) is 62.3 Å². The molecule has 0 aliphatic carbocycles. The van der Waals surface area contributed by atoms with Gasteiger partial charge in [0.15, 0.2) is 0 Å². The molecule has 2 aromatic carbocycles. The second-order valence-corrected chi connectivity index (χ2v) is 9.70. The fourth-order valence-electron chi connectivity index (χ4n) is 3.79. The number of aromatic nitrogens is 1. The summed E-state index contributed by atoms with van der Waals surface area (Å²) in [5.41, 5.74) is 2.20. The molecule has 2 amide bonds. The van der Waals surface area contributed by atoms with Crippen molar-refractivity contribution in [1.82, 2.24) is 15.2 Å². The van der Waals surface area contributed by atoms with E-state index in [-0.39, 0.29) is 22.4 Å². The maximum atomic E-state index is 14.1. The third kappa shape index (κ3) is 5.37. The Bertz CT molecular complexity index is 1170. The number of hydrogen-bond acceptors (Lipinski definition) is 4. The van der Waals surface area contributed by atoms with Crippen LogP contribution < -0.4 is 5.32 Å². The first-order valence-corrected chi connectivity index (χ1v) is 12.2. The number of nitrogens with one attached hydrogen (secondary N) is 1. The number of rotatable bonds is 5. The molecule has 4 rings (SSSR count). The quantitative estimate of drug-likeness (QED) is 0.473. The van der Waals surface area contributed by atoms with Gasteiger partial charge in [-0.15, -0.1) is 11.3 Å². The van der Waals surface area contributed by atoms with Crippen LogP contribution in [-0.4, -0.2) is 34.8 Å². The van der Waals surface area contributed by atoms with Crippen molar-refractivity contribution in [2.24, 2.45) is 0 Å². The highest BCUT2D eigenvalue weighted by Crippen LogP contribution is 2.32. The van der Waals surface area contributed by atoms with Crippen LogP contribution in [0.1, 0.15) is 55.7 Å². The molecule has 9 heteroatoms. The average Bonchev–Trinajstić information content (AvgIpc) is 3.30. The molecule has 1 saturated heterocycles. The maximum absolute atomic E-state index is 14.1.